The van der Waals surface area contributed by atoms with Crippen LogP contribution in [-0.2, 0) is 13.1 Å². The van der Waals surface area contributed by atoms with Gasteiger partial charge in [0, 0.05) is 17.0 Å². The van der Waals surface area contributed by atoms with Crippen molar-refractivity contribution >= 4 is 17.4 Å². The molecule has 1 aliphatic rings. The van der Waals surface area contributed by atoms with Crippen LogP contribution in [-0.4, -0.2) is 22.0 Å². The van der Waals surface area contributed by atoms with Crippen molar-refractivity contribution in [2.24, 2.45) is 0 Å². The first kappa shape index (κ1) is 15.0. The molecule has 1 aliphatic carbocycles. The number of nitrogens with one attached hydrogen (secondary N) is 1. The lowest BCUT2D eigenvalue weighted by atomic mass is 10.2. The molecule has 0 saturated heterocycles. The normalized spacial score (nSPS) is 13.9. The number of thiazole rings is 1. The van der Waals surface area contributed by atoms with Crippen molar-refractivity contribution in [3.63, 3.8) is 0 Å². The number of nitrogens with zero attached hydrogens (tertiary/aromatic N) is 2. The van der Waals surface area contributed by atoms with Gasteiger partial charge in [-0.2, -0.15) is 0 Å². The summed E-state index contributed by atoms with van der Waals surface area (Å²) in [6, 6.07) is 6.66. The zero-order valence-corrected chi connectivity index (χ0v) is 13.2. The number of rotatable bonds is 5. The fourth-order valence-electron chi connectivity index (χ4n) is 2.32. The Morgan fingerprint density at radius 1 is 1.45 bits per heavy atom. The third-order valence-electron chi connectivity index (χ3n) is 3.63. The van der Waals surface area contributed by atoms with Crippen LogP contribution in [0.25, 0.3) is 0 Å². The fourth-order valence-corrected chi connectivity index (χ4v) is 2.93. The Labute approximate surface area is 133 Å². The summed E-state index contributed by atoms with van der Waals surface area (Å²) in [5.41, 5.74) is 1.41. The first-order chi connectivity index (χ1) is 10.6. The second kappa shape index (κ2) is 6.44. The molecule has 1 aromatic carbocycles. The third kappa shape index (κ3) is 3.62. The number of hydrogen-bond acceptors (Lipinski definition) is 3. The zero-order valence-electron chi connectivity index (χ0n) is 12.4. The highest BCUT2D eigenvalue weighted by Crippen LogP contribution is 2.28. The minimum absolute atomic E-state index is 0.156. The summed E-state index contributed by atoms with van der Waals surface area (Å²) in [5.74, 6) is -0.268. The molecular formula is C16H18FN3OS. The van der Waals surface area contributed by atoms with E-state index in [2.05, 4.69) is 10.3 Å². The molecule has 2 amide bonds. The van der Waals surface area contributed by atoms with Crippen LogP contribution < -0.4 is 5.32 Å². The van der Waals surface area contributed by atoms with E-state index in [9.17, 15) is 9.18 Å². The molecule has 0 bridgehead atoms. The van der Waals surface area contributed by atoms with Gasteiger partial charge in [0.25, 0.3) is 0 Å². The summed E-state index contributed by atoms with van der Waals surface area (Å²) >= 11 is 1.56. The molecule has 1 fully saturated rings. The minimum atomic E-state index is -0.268. The number of aryl methyl sites for hydroxylation is 1. The number of carbonyl (C=O) groups is 1. The second-order valence-corrected chi connectivity index (χ2v) is 6.53. The molecule has 0 radical (unpaired) electrons. The van der Waals surface area contributed by atoms with Crippen molar-refractivity contribution in [3.8, 4) is 0 Å². The molecule has 1 heterocycles. The molecular weight excluding hydrogens is 301 g/mol. The SMILES string of the molecule is Cc1nc(CNC(=O)N(Cc2ccccc2F)C2CC2)cs1. The van der Waals surface area contributed by atoms with Crippen molar-refractivity contribution in [2.75, 3.05) is 0 Å². The maximum absolute atomic E-state index is 13.8. The number of halogens is 1. The van der Waals surface area contributed by atoms with Crippen LogP contribution in [0.4, 0.5) is 9.18 Å². The Bertz CT molecular complexity index is 669. The molecule has 3 rings (SSSR count). The van der Waals surface area contributed by atoms with E-state index in [-0.39, 0.29) is 17.9 Å². The Kier molecular flexibility index (Phi) is 4.38. The average molecular weight is 319 g/mol. The lowest BCUT2D eigenvalue weighted by Gasteiger charge is -2.23. The van der Waals surface area contributed by atoms with Crippen LogP contribution in [0.15, 0.2) is 29.6 Å². The number of urea groups is 1. The van der Waals surface area contributed by atoms with E-state index in [0.717, 1.165) is 23.5 Å². The van der Waals surface area contributed by atoms with Gasteiger partial charge in [0.2, 0.25) is 0 Å². The minimum Gasteiger partial charge on any atom is -0.332 e. The maximum Gasteiger partial charge on any atom is 0.318 e. The van der Waals surface area contributed by atoms with E-state index in [1.165, 1.54) is 6.07 Å². The molecule has 4 nitrogen and oxygen atoms in total. The van der Waals surface area contributed by atoms with E-state index >= 15 is 0 Å². The van der Waals surface area contributed by atoms with Gasteiger partial charge in [-0.3, -0.25) is 0 Å². The monoisotopic (exact) mass is 319 g/mol. The van der Waals surface area contributed by atoms with Gasteiger partial charge in [-0.15, -0.1) is 11.3 Å². The molecule has 0 spiro atoms. The van der Waals surface area contributed by atoms with Gasteiger partial charge in [0.1, 0.15) is 5.82 Å². The zero-order chi connectivity index (χ0) is 15.5. The van der Waals surface area contributed by atoms with Gasteiger partial charge in [0.15, 0.2) is 0 Å². The predicted octanol–water partition coefficient (Wildman–Crippen LogP) is 3.46. The van der Waals surface area contributed by atoms with E-state index in [4.69, 9.17) is 0 Å². The number of carbonyl (C=O) groups excluding carboxylic acids is 1. The number of aromatic nitrogens is 1. The van der Waals surface area contributed by atoms with Gasteiger partial charge in [-0.05, 0) is 25.8 Å². The summed E-state index contributed by atoms with van der Waals surface area (Å²) in [6.07, 6.45) is 1.97. The standard InChI is InChI=1S/C16H18FN3OS/c1-11-19-13(10-22-11)8-18-16(21)20(14-6-7-14)9-12-4-2-3-5-15(12)17/h2-5,10,14H,6-9H2,1H3,(H,18,21). The van der Waals surface area contributed by atoms with Crippen molar-refractivity contribution in [2.45, 2.75) is 38.9 Å². The largest absolute Gasteiger partial charge is 0.332 e. The Hall–Kier alpha value is -1.95. The van der Waals surface area contributed by atoms with Gasteiger partial charge in [0.05, 0.1) is 23.8 Å². The van der Waals surface area contributed by atoms with Crippen LogP contribution in [0.5, 0.6) is 0 Å². The average Bonchev–Trinajstić information content (AvgIpc) is 3.26. The van der Waals surface area contributed by atoms with Crippen LogP contribution in [0.1, 0.15) is 29.1 Å². The van der Waals surface area contributed by atoms with Crippen LogP contribution in [0, 0.1) is 12.7 Å². The van der Waals surface area contributed by atoms with E-state index in [1.54, 1.807) is 34.4 Å². The van der Waals surface area contributed by atoms with E-state index < -0.39 is 0 Å². The van der Waals surface area contributed by atoms with E-state index in [1.807, 2.05) is 12.3 Å². The van der Waals surface area contributed by atoms with Gasteiger partial charge in [-0.25, -0.2) is 14.2 Å². The second-order valence-electron chi connectivity index (χ2n) is 5.47. The summed E-state index contributed by atoms with van der Waals surface area (Å²) in [7, 11) is 0. The van der Waals surface area contributed by atoms with Crippen molar-refractivity contribution in [3.05, 3.63) is 51.7 Å². The highest BCUT2D eigenvalue weighted by Gasteiger charge is 2.33. The number of hydrogen-bond donors (Lipinski definition) is 1. The highest BCUT2D eigenvalue weighted by atomic mass is 32.1. The number of benzene rings is 1. The van der Waals surface area contributed by atoms with Crippen molar-refractivity contribution < 1.29 is 9.18 Å². The van der Waals surface area contributed by atoms with E-state index in [0.29, 0.717) is 18.7 Å². The topological polar surface area (TPSA) is 45.2 Å². The van der Waals surface area contributed by atoms with Gasteiger partial charge >= 0.3 is 6.03 Å². The molecule has 0 aliphatic heterocycles. The third-order valence-corrected chi connectivity index (χ3v) is 4.46. The fraction of sp³-hybridized carbons (Fsp3) is 0.375. The first-order valence-electron chi connectivity index (χ1n) is 7.32. The molecule has 1 aromatic heterocycles. The molecule has 1 N–H and O–H groups in total. The van der Waals surface area contributed by atoms with Gasteiger partial charge < -0.3 is 10.2 Å². The van der Waals surface area contributed by atoms with Crippen LogP contribution in [0.3, 0.4) is 0 Å². The van der Waals surface area contributed by atoms with Crippen molar-refractivity contribution in [1.29, 1.82) is 0 Å². The molecule has 2 aromatic rings. The molecule has 6 heteroatoms. The first-order valence-corrected chi connectivity index (χ1v) is 8.20. The lowest BCUT2D eigenvalue weighted by molar-refractivity contribution is 0.190. The van der Waals surface area contributed by atoms with Gasteiger partial charge in [-0.1, -0.05) is 18.2 Å². The van der Waals surface area contributed by atoms with Crippen LogP contribution in [0.2, 0.25) is 0 Å². The highest BCUT2D eigenvalue weighted by molar-refractivity contribution is 7.09. The molecule has 116 valence electrons. The molecule has 0 atom stereocenters. The molecule has 22 heavy (non-hydrogen) atoms. The quantitative estimate of drug-likeness (QED) is 0.917. The Balaban J connectivity index is 1.63. The summed E-state index contributed by atoms with van der Waals surface area (Å²) < 4.78 is 13.8. The molecule has 1 saturated carbocycles. The Morgan fingerprint density at radius 2 is 2.23 bits per heavy atom. The predicted molar refractivity (Wildman–Crippen MR) is 84.1 cm³/mol. The maximum atomic E-state index is 13.8. The smallest absolute Gasteiger partial charge is 0.318 e. The summed E-state index contributed by atoms with van der Waals surface area (Å²) in [6.45, 7) is 2.65. The number of amides is 2. The summed E-state index contributed by atoms with van der Waals surface area (Å²) in [5, 5.41) is 5.80. The summed E-state index contributed by atoms with van der Waals surface area (Å²) in [4.78, 5) is 18.4. The lowest BCUT2D eigenvalue weighted by Crippen LogP contribution is -2.40. The van der Waals surface area contributed by atoms with Crippen LogP contribution >= 0.6 is 11.3 Å². The molecule has 0 unspecified atom stereocenters. The Morgan fingerprint density at radius 3 is 2.86 bits per heavy atom. The van der Waals surface area contributed by atoms with Crippen molar-refractivity contribution in [1.82, 2.24) is 15.2 Å².